The largest absolute Gasteiger partial charge is 0.338 e. The first kappa shape index (κ1) is 17.2. The van der Waals surface area contributed by atoms with Crippen molar-refractivity contribution in [1.29, 1.82) is 0 Å². The minimum absolute atomic E-state index is 0.0816. The Bertz CT molecular complexity index is 917. The molecule has 0 atom stereocenters. The summed E-state index contributed by atoms with van der Waals surface area (Å²) < 4.78 is 15.2. The average Bonchev–Trinajstić information content (AvgIpc) is 3.04. The Kier molecular flexibility index (Phi) is 4.78. The Morgan fingerprint density at radius 1 is 1.27 bits per heavy atom. The summed E-state index contributed by atoms with van der Waals surface area (Å²) in [4.78, 5) is 6.87. The summed E-state index contributed by atoms with van der Waals surface area (Å²) >= 11 is 5.89. The van der Waals surface area contributed by atoms with Crippen LogP contribution in [0, 0.1) is 11.7 Å². The fourth-order valence-corrected chi connectivity index (χ4v) is 3.59. The number of halogens is 2. The monoisotopic (exact) mass is 373 g/mol. The maximum Gasteiger partial charge on any atom is 0.158 e. The molecule has 2 aromatic heterocycles. The van der Waals surface area contributed by atoms with Crippen LogP contribution in [0.4, 0.5) is 15.9 Å². The smallest absolute Gasteiger partial charge is 0.158 e. The zero-order valence-corrected chi connectivity index (χ0v) is 15.4. The highest BCUT2D eigenvalue weighted by atomic mass is 35.5. The molecule has 0 amide bonds. The summed E-state index contributed by atoms with van der Waals surface area (Å²) in [6, 6.07) is 6.64. The van der Waals surface area contributed by atoms with Crippen molar-refractivity contribution in [1.82, 2.24) is 19.5 Å². The second-order valence-electron chi connectivity index (χ2n) is 6.96. The van der Waals surface area contributed by atoms with Gasteiger partial charge in [-0.2, -0.15) is 5.10 Å². The molecule has 0 saturated carbocycles. The number of anilines is 2. The van der Waals surface area contributed by atoms with Crippen molar-refractivity contribution >= 4 is 28.6 Å². The molecule has 0 spiro atoms. The quantitative estimate of drug-likeness (QED) is 0.731. The van der Waals surface area contributed by atoms with Gasteiger partial charge in [-0.1, -0.05) is 18.5 Å². The summed E-state index contributed by atoms with van der Waals surface area (Å²) in [5.41, 5.74) is 2.80. The highest BCUT2D eigenvalue weighted by molar-refractivity contribution is 6.31. The Balaban J connectivity index is 1.62. The van der Waals surface area contributed by atoms with Crippen LogP contribution in [0.3, 0.4) is 0 Å². The van der Waals surface area contributed by atoms with E-state index < -0.39 is 5.82 Å². The highest BCUT2D eigenvalue weighted by Gasteiger charge is 2.18. The van der Waals surface area contributed by atoms with Crippen LogP contribution in [0.5, 0.6) is 0 Å². The molecule has 4 rings (SSSR count). The zero-order valence-electron chi connectivity index (χ0n) is 14.6. The van der Waals surface area contributed by atoms with Crippen LogP contribution in [-0.4, -0.2) is 32.6 Å². The Morgan fingerprint density at radius 3 is 2.85 bits per heavy atom. The van der Waals surface area contributed by atoms with Gasteiger partial charge in [-0.15, -0.1) is 0 Å². The molecule has 1 N–H and O–H groups in total. The van der Waals surface area contributed by atoms with Gasteiger partial charge in [0.05, 0.1) is 5.02 Å². The van der Waals surface area contributed by atoms with E-state index in [0.29, 0.717) is 11.5 Å². The predicted octanol–water partition coefficient (Wildman–Crippen LogP) is 4.50. The van der Waals surface area contributed by atoms with Crippen LogP contribution in [0.1, 0.15) is 25.3 Å². The SMILES string of the molecule is CC1CCN(Cc2ccn3ncnc(Nc4ccc(F)c(Cl)c4)c23)CC1. The molecule has 0 radical (unpaired) electrons. The number of fused-ring (bicyclic) bond motifs is 1. The molecule has 3 aromatic rings. The standard InChI is InChI=1S/C19H21ClFN5/c1-13-4-7-25(8-5-13)11-14-6-9-26-18(14)19(22-12-23-26)24-15-2-3-17(21)16(20)10-15/h2-3,6,9-10,12-13H,4-5,7-8,11H2,1H3,(H,22,23,24). The van der Waals surface area contributed by atoms with E-state index in [1.165, 1.54) is 30.8 Å². The molecule has 0 aliphatic carbocycles. The van der Waals surface area contributed by atoms with E-state index in [1.807, 2.05) is 10.7 Å². The van der Waals surface area contributed by atoms with Crippen LogP contribution >= 0.6 is 11.6 Å². The number of piperidine rings is 1. The van der Waals surface area contributed by atoms with E-state index in [4.69, 9.17) is 11.6 Å². The molecule has 0 bridgehead atoms. The van der Waals surface area contributed by atoms with Crippen LogP contribution in [0.2, 0.25) is 5.02 Å². The Morgan fingerprint density at radius 2 is 2.08 bits per heavy atom. The van der Waals surface area contributed by atoms with Gasteiger partial charge in [-0.3, -0.25) is 4.90 Å². The predicted molar refractivity (Wildman–Crippen MR) is 101 cm³/mol. The first-order valence-corrected chi connectivity index (χ1v) is 9.23. The number of rotatable bonds is 4. The molecule has 1 aromatic carbocycles. The molecule has 1 aliphatic heterocycles. The van der Waals surface area contributed by atoms with Crippen molar-refractivity contribution in [2.45, 2.75) is 26.3 Å². The van der Waals surface area contributed by atoms with Gasteiger partial charge in [0, 0.05) is 18.4 Å². The number of nitrogens with zero attached hydrogens (tertiary/aromatic N) is 4. The van der Waals surface area contributed by atoms with Crippen LogP contribution in [0.15, 0.2) is 36.8 Å². The van der Waals surface area contributed by atoms with Crippen molar-refractivity contribution in [3.05, 3.63) is 53.2 Å². The molecule has 1 aliphatic rings. The molecule has 5 nitrogen and oxygen atoms in total. The van der Waals surface area contributed by atoms with E-state index in [2.05, 4.69) is 33.3 Å². The summed E-state index contributed by atoms with van der Waals surface area (Å²) in [7, 11) is 0. The van der Waals surface area contributed by atoms with Gasteiger partial charge in [0.1, 0.15) is 17.7 Å². The maximum absolute atomic E-state index is 13.4. The van der Waals surface area contributed by atoms with Crippen molar-refractivity contribution in [3.8, 4) is 0 Å². The topological polar surface area (TPSA) is 45.5 Å². The molecule has 3 heterocycles. The lowest BCUT2D eigenvalue weighted by Gasteiger charge is -2.30. The number of aromatic nitrogens is 3. The second kappa shape index (κ2) is 7.21. The Hall–Kier alpha value is -2.18. The van der Waals surface area contributed by atoms with Gasteiger partial charge in [0.25, 0.3) is 0 Å². The lowest BCUT2D eigenvalue weighted by atomic mass is 9.99. The average molecular weight is 374 g/mol. The summed E-state index contributed by atoms with van der Waals surface area (Å²) in [6.45, 7) is 5.41. The molecule has 1 fully saturated rings. The molecular weight excluding hydrogens is 353 g/mol. The summed E-state index contributed by atoms with van der Waals surface area (Å²) in [5, 5.41) is 7.63. The second-order valence-corrected chi connectivity index (χ2v) is 7.36. The molecule has 0 unspecified atom stereocenters. The van der Waals surface area contributed by atoms with Gasteiger partial charge >= 0.3 is 0 Å². The summed E-state index contributed by atoms with van der Waals surface area (Å²) in [6.07, 6.45) is 5.93. The number of hydrogen-bond donors (Lipinski definition) is 1. The minimum atomic E-state index is -0.437. The van der Waals surface area contributed by atoms with Gasteiger partial charge in [-0.25, -0.2) is 13.9 Å². The summed E-state index contributed by atoms with van der Waals surface area (Å²) in [5.74, 6) is 1.06. The van der Waals surface area contributed by atoms with E-state index in [-0.39, 0.29) is 5.02 Å². The van der Waals surface area contributed by atoms with E-state index in [9.17, 15) is 4.39 Å². The van der Waals surface area contributed by atoms with Gasteiger partial charge in [-0.05, 0) is 61.7 Å². The van der Waals surface area contributed by atoms with Crippen molar-refractivity contribution in [3.63, 3.8) is 0 Å². The third kappa shape index (κ3) is 3.52. The first-order valence-electron chi connectivity index (χ1n) is 8.86. The fourth-order valence-electron chi connectivity index (χ4n) is 3.41. The number of nitrogens with one attached hydrogen (secondary N) is 1. The molecule has 1 saturated heterocycles. The molecule has 136 valence electrons. The van der Waals surface area contributed by atoms with Crippen molar-refractivity contribution < 1.29 is 4.39 Å². The van der Waals surface area contributed by atoms with Crippen LogP contribution in [-0.2, 0) is 6.54 Å². The molecular formula is C19H21ClFN5. The van der Waals surface area contributed by atoms with Crippen molar-refractivity contribution in [2.24, 2.45) is 5.92 Å². The van der Waals surface area contributed by atoms with Crippen LogP contribution in [0.25, 0.3) is 5.52 Å². The fraction of sp³-hybridized carbons (Fsp3) is 0.368. The first-order chi connectivity index (χ1) is 12.6. The van der Waals surface area contributed by atoms with E-state index >= 15 is 0 Å². The minimum Gasteiger partial charge on any atom is -0.338 e. The van der Waals surface area contributed by atoms with Crippen molar-refractivity contribution in [2.75, 3.05) is 18.4 Å². The number of benzene rings is 1. The third-order valence-electron chi connectivity index (χ3n) is 4.99. The molecule has 7 heteroatoms. The van der Waals surface area contributed by atoms with E-state index in [1.54, 1.807) is 12.1 Å². The van der Waals surface area contributed by atoms with Gasteiger partial charge < -0.3 is 5.32 Å². The third-order valence-corrected chi connectivity index (χ3v) is 5.28. The highest BCUT2D eigenvalue weighted by Crippen LogP contribution is 2.27. The lowest BCUT2D eigenvalue weighted by molar-refractivity contribution is 0.186. The van der Waals surface area contributed by atoms with E-state index in [0.717, 1.165) is 31.1 Å². The lowest BCUT2D eigenvalue weighted by Crippen LogP contribution is -2.32. The number of likely N-dealkylation sites (tertiary alicyclic amines) is 1. The normalized spacial score (nSPS) is 16.3. The molecule has 26 heavy (non-hydrogen) atoms. The van der Waals surface area contributed by atoms with Gasteiger partial charge in [0.2, 0.25) is 0 Å². The van der Waals surface area contributed by atoms with Crippen LogP contribution < -0.4 is 5.32 Å². The zero-order chi connectivity index (χ0) is 18.1. The Labute approximate surface area is 156 Å². The number of hydrogen-bond acceptors (Lipinski definition) is 4. The maximum atomic E-state index is 13.4. The van der Waals surface area contributed by atoms with Gasteiger partial charge in [0.15, 0.2) is 5.82 Å².